The number of aromatic hydroxyl groups is 1. The second kappa shape index (κ2) is 6.25. The first kappa shape index (κ1) is 13.4. The summed E-state index contributed by atoms with van der Waals surface area (Å²) in [5, 5.41) is 9.26. The summed E-state index contributed by atoms with van der Waals surface area (Å²) >= 11 is 0. The van der Waals surface area contributed by atoms with Crippen molar-refractivity contribution in [1.82, 2.24) is 0 Å². The Hall–Kier alpha value is -2.00. The van der Waals surface area contributed by atoms with Crippen molar-refractivity contribution in [2.24, 2.45) is 5.73 Å². The van der Waals surface area contributed by atoms with Crippen molar-refractivity contribution >= 4 is 0 Å². The number of ether oxygens (including phenoxy) is 1. The van der Waals surface area contributed by atoms with E-state index >= 15 is 0 Å². The molecule has 2 aromatic rings. The highest BCUT2D eigenvalue weighted by Crippen LogP contribution is 2.21. The second-order valence-corrected chi connectivity index (χ2v) is 4.48. The molecule has 3 N–H and O–H groups in total. The molecule has 0 radical (unpaired) electrons. The molecule has 2 aromatic carbocycles. The van der Waals surface area contributed by atoms with E-state index in [9.17, 15) is 5.11 Å². The van der Waals surface area contributed by atoms with Crippen molar-refractivity contribution < 1.29 is 9.84 Å². The van der Waals surface area contributed by atoms with Crippen LogP contribution in [0.1, 0.15) is 24.1 Å². The quantitative estimate of drug-likeness (QED) is 0.865. The average Bonchev–Trinajstić information content (AvgIpc) is 2.42. The van der Waals surface area contributed by atoms with E-state index in [1.54, 1.807) is 12.1 Å². The molecule has 0 amide bonds. The predicted molar refractivity (Wildman–Crippen MR) is 76.4 cm³/mol. The molecule has 1 unspecified atom stereocenters. The summed E-state index contributed by atoms with van der Waals surface area (Å²) < 4.78 is 5.47. The first-order chi connectivity index (χ1) is 9.19. The van der Waals surface area contributed by atoms with Gasteiger partial charge in [0, 0.05) is 6.04 Å². The van der Waals surface area contributed by atoms with Gasteiger partial charge < -0.3 is 15.6 Å². The van der Waals surface area contributed by atoms with Crippen LogP contribution in [0.15, 0.2) is 48.5 Å². The Bertz CT molecular complexity index is 523. The van der Waals surface area contributed by atoms with Crippen LogP contribution in [0, 0.1) is 0 Å². The van der Waals surface area contributed by atoms with Crippen molar-refractivity contribution in [1.29, 1.82) is 0 Å². The topological polar surface area (TPSA) is 55.5 Å². The zero-order chi connectivity index (χ0) is 13.7. The van der Waals surface area contributed by atoms with Crippen molar-refractivity contribution in [2.45, 2.75) is 19.4 Å². The molecule has 19 heavy (non-hydrogen) atoms. The molecule has 0 aromatic heterocycles. The lowest BCUT2D eigenvalue weighted by Crippen LogP contribution is -2.13. The highest BCUT2D eigenvalue weighted by Gasteiger charge is 2.08. The largest absolute Gasteiger partial charge is 0.508 e. The van der Waals surface area contributed by atoms with Crippen LogP contribution in [0.5, 0.6) is 11.5 Å². The molecule has 1 atom stereocenters. The third-order valence-electron chi connectivity index (χ3n) is 2.99. The van der Waals surface area contributed by atoms with Gasteiger partial charge in [0.25, 0.3) is 0 Å². The highest BCUT2D eigenvalue weighted by atomic mass is 16.5. The fourth-order valence-corrected chi connectivity index (χ4v) is 2.01. The summed E-state index contributed by atoms with van der Waals surface area (Å²) in [5.41, 5.74) is 8.37. The summed E-state index contributed by atoms with van der Waals surface area (Å²) in [6.07, 6.45) is 0.732. The molecule has 0 aliphatic rings. The molecule has 0 aliphatic heterocycles. The summed E-state index contributed by atoms with van der Waals surface area (Å²) in [7, 11) is 0. The molecule has 2 rings (SSSR count). The van der Waals surface area contributed by atoms with Gasteiger partial charge in [-0.1, -0.05) is 24.3 Å². The lowest BCUT2D eigenvalue weighted by molar-refractivity contribution is 0.339. The Labute approximate surface area is 113 Å². The van der Waals surface area contributed by atoms with Crippen LogP contribution < -0.4 is 10.5 Å². The summed E-state index contributed by atoms with van der Waals surface area (Å²) in [5.74, 6) is 1.12. The monoisotopic (exact) mass is 257 g/mol. The van der Waals surface area contributed by atoms with Crippen molar-refractivity contribution in [2.75, 3.05) is 6.61 Å². The van der Waals surface area contributed by atoms with Crippen LogP contribution in [0.4, 0.5) is 0 Å². The number of phenolic OH excluding ortho intramolecular Hbond substituents is 1. The Morgan fingerprint density at radius 2 is 1.89 bits per heavy atom. The minimum Gasteiger partial charge on any atom is -0.508 e. The van der Waals surface area contributed by atoms with Gasteiger partial charge in [-0.15, -0.1) is 0 Å². The lowest BCUT2D eigenvalue weighted by atomic mass is 9.99. The molecule has 3 heteroatoms. The average molecular weight is 257 g/mol. The molecular weight excluding hydrogens is 238 g/mol. The SMILES string of the molecule is CCOc1cccc(C(N)Cc2ccc(O)cc2)c1. The van der Waals surface area contributed by atoms with E-state index in [0.29, 0.717) is 6.61 Å². The van der Waals surface area contributed by atoms with E-state index < -0.39 is 0 Å². The predicted octanol–water partition coefficient (Wildman–Crippen LogP) is 3.03. The maximum Gasteiger partial charge on any atom is 0.119 e. The molecule has 0 fully saturated rings. The van der Waals surface area contributed by atoms with Crippen LogP contribution in [-0.2, 0) is 6.42 Å². The Kier molecular flexibility index (Phi) is 4.42. The lowest BCUT2D eigenvalue weighted by Gasteiger charge is -2.13. The Morgan fingerprint density at radius 1 is 1.16 bits per heavy atom. The van der Waals surface area contributed by atoms with E-state index in [0.717, 1.165) is 23.3 Å². The van der Waals surface area contributed by atoms with Gasteiger partial charge in [0.15, 0.2) is 0 Å². The first-order valence-electron chi connectivity index (χ1n) is 6.45. The van der Waals surface area contributed by atoms with E-state index in [-0.39, 0.29) is 11.8 Å². The zero-order valence-corrected chi connectivity index (χ0v) is 11.0. The van der Waals surface area contributed by atoms with Crippen molar-refractivity contribution in [3.63, 3.8) is 0 Å². The normalized spacial score (nSPS) is 12.1. The fourth-order valence-electron chi connectivity index (χ4n) is 2.01. The Morgan fingerprint density at radius 3 is 2.58 bits per heavy atom. The molecule has 0 aliphatic carbocycles. The van der Waals surface area contributed by atoms with Crippen LogP contribution in [0.25, 0.3) is 0 Å². The van der Waals surface area contributed by atoms with Gasteiger partial charge in [-0.25, -0.2) is 0 Å². The van der Waals surface area contributed by atoms with E-state index in [4.69, 9.17) is 10.5 Å². The number of phenols is 1. The van der Waals surface area contributed by atoms with Gasteiger partial charge in [-0.05, 0) is 48.7 Å². The summed E-state index contributed by atoms with van der Waals surface area (Å²) in [4.78, 5) is 0. The van der Waals surface area contributed by atoms with Gasteiger partial charge in [0.2, 0.25) is 0 Å². The second-order valence-electron chi connectivity index (χ2n) is 4.48. The minimum absolute atomic E-state index is 0.0788. The number of rotatable bonds is 5. The number of nitrogens with two attached hydrogens (primary N) is 1. The molecule has 0 saturated heterocycles. The van der Waals surface area contributed by atoms with Crippen LogP contribution >= 0.6 is 0 Å². The molecule has 0 saturated carbocycles. The summed E-state index contributed by atoms with van der Waals surface area (Å²) in [6, 6.07) is 14.9. The van der Waals surface area contributed by atoms with Gasteiger partial charge >= 0.3 is 0 Å². The molecule has 0 heterocycles. The molecule has 0 spiro atoms. The summed E-state index contributed by atoms with van der Waals surface area (Å²) in [6.45, 7) is 2.61. The number of hydrogen-bond donors (Lipinski definition) is 2. The third-order valence-corrected chi connectivity index (χ3v) is 2.99. The van der Waals surface area contributed by atoms with Gasteiger partial charge in [0.05, 0.1) is 6.61 Å². The standard InChI is InChI=1S/C16H19NO2/c1-2-19-15-5-3-4-13(11-15)16(17)10-12-6-8-14(18)9-7-12/h3-9,11,16,18H,2,10,17H2,1H3. The van der Waals surface area contributed by atoms with E-state index in [1.807, 2.05) is 43.3 Å². The van der Waals surface area contributed by atoms with Crippen LogP contribution in [0.2, 0.25) is 0 Å². The molecule has 0 bridgehead atoms. The maximum absolute atomic E-state index is 9.26. The van der Waals surface area contributed by atoms with Crippen LogP contribution in [0.3, 0.4) is 0 Å². The maximum atomic E-state index is 9.26. The van der Waals surface area contributed by atoms with Crippen LogP contribution in [-0.4, -0.2) is 11.7 Å². The van der Waals surface area contributed by atoms with Crippen molar-refractivity contribution in [3.05, 3.63) is 59.7 Å². The van der Waals surface area contributed by atoms with E-state index in [1.165, 1.54) is 0 Å². The van der Waals surface area contributed by atoms with Gasteiger partial charge in [0.1, 0.15) is 11.5 Å². The zero-order valence-electron chi connectivity index (χ0n) is 11.0. The van der Waals surface area contributed by atoms with Gasteiger partial charge in [-0.2, -0.15) is 0 Å². The van der Waals surface area contributed by atoms with Crippen molar-refractivity contribution in [3.8, 4) is 11.5 Å². The smallest absolute Gasteiger partial charge is 0.119 e. The van der Waals surface area contributed by atoms with E-state index in [2.05, 4.69) is 0 Å². The first-order valence-corrected chi connectivity index (χ1v) is 6.45. The number of benzene rings is 2. The molecular formula is C16H19NO2. The highest BCUT2D eigenvalue weighted by molar-refractivity contribution is 5.32. The Balaban J connectivity index is 2.08. The number of hydrogen-bond acceptors (Lipinski definition) is 3. The fraction of sp³-hybridized carbons (Fsp3) is 0.250. The third kappa shape index (κ3) is 3.73. The molecule has 3 nitrogen and oxygen atoms in total. The molecule has 100 valence electrons. The van der Waals surface area contributed by atoms with Gasteiger partial charge in [-0.3, -0.25) is 0 Å². The minimum atomic E-state index is -0.0788.